The van der Waals surface area contributed by atoms with Gasteiger partial charge in [-0.1, -0.05) is 15.9 Å². The highest BCUT2D eigenvalue weighted by atomic mass is 79.9. The number of anilines is 1. The minimum absolute atomic E-state index is 0.182. The Bertz CT molecular complexity index is 1180. The van der Waals surface area contributed by atoms with Crippen molar-refractivity contribution < 1.29 is 4.39 Å². The number of aromatic nitrogens is 2. The Labute approximate surface area is 180 Å². The SMILES string of the molecule is N=C1C(Br)C(CNc2cccnc2)=NC2C(c3cnc4ccc(F)cc4c3)C=NN12. The number of rotatable bonds is 4. The fraction of sp³-hybridized carbons (Fsp3) is 0.190. The van der Waals surface area contributed by atoms with Crippen LogP contribution in [0, 0.1) is 11.2 Å². The molecule has 5 rings (SSSR count). The number of benzene rings is 1. The van der Waals surface area contributed by atoms with Gasteiger partial charge in [0.25, 0.3) is 0 Å². The van der Waals surface area contributed by atoms with Gasteiger partial charge >= 0.3 is 0 Å². The van der Waals surface area contributed by atoms with Crippen LogP contribution in [0.3, 0.4) is 0 Å². The van der Waals surface area contributed by atoms with Crippen molar-refractivity contribution in [2.45, 2.75) is 16.9 Å². The zero-order valence-corrected chi connectivity index (χ0v) is 17.3. The van der Waals surface area contributed by atoms with Crippen LogP contribution in [0.2, 0.25) is 0 Å². The molecule has 1 aromatic carbocycles. The largest absolute Gasteiger partial charge is 0.378 e. The predicted octanol–water partition coefficient (Wildman–Crippen LogP) is 3.79. The first-order chi connectivity index (χ1) is 14.6. The minimum atomic E-state index is -0.371. The van der Waals surface area contributed by atoms with Gasteiger partial charge in [0, 0.05) is 30.2 Å². The van der Waals surface area contributed by atoms with E-state index in [0.717, 1.165) is 27.9 Å². The summed E-state index contributed by atoms with van der Waals surface area (Å²) in [6.07, 6.45) is 6.64. The number of amidine groups is 1. The lowest BCUT2D eigenvalue weighted by molar-refractivity contribution is 0.339. The van der Waals surface area contributed by atoms with Crippen molar-refractivity contribution in [2.24, 2.45) is 10.1 Å². The van der Waals surface area contributed by atoms with Gasteiger partial charge in [-0.2, -0.15) is 5.10 Å². The molecule has 3 aromatic rings. The Hall–Kier alpha value is -3.20. The van der Waals surface area contributed by atoms with Crippen molar-refractivity contribution in [1.29, 1.82) is 5.41 Å². The smallest absolute Gasteiger partial charge is 0.155 e. The van der Waals surface area contributed by atoms with Crippen LogP contribution < -0.4 is 5.32 Å². The molecule has 30 heavy (non-hydrogen) atoms. The van der Waals surface area contributed by atoms with Gasteiger partial charge in [0.05, 0.1) is 29.4 Å². The van der Waals surface area contributed by atoms with Gasteiger partial charge in [0.2, 0.25) is 0 Å². The number of hydrogen-bond acceptors (Lipinski definition) is 6. The lowest BCUT2D eigenvalue weighted by Gasteiger charge is -2.33. The maximum Gasteiger partial charge on any atom is 0.155 e. The molecule has 9 heteroatoms. The highest BCUT2D eigenvalue weighted by Crippen LogP contribution is 2.34. The standard InChI is InChI=1S/C21H17BrFN7/c22-19-18(11-26-15-2-1-5-25-9-15)29-21-16(10-28-30(21)20(19)24)13-6-12-7-14(23)3-4-17(12)27-8-13/h1-10,16,19,21,24,26H,11H2. The number of fused-ring (bicyclic) bond motifs is 2. The molecule has 0 saturated heterocycles. The van der Waals surface area contributed by atoms with Crippen molar-refractivity contribution in [1.82, 2.24) is 15.0 Å². The van der Waals surface area contributed by atoms with Gasteiger partial charge in [-0.05, 0) is 42.0 Å². The van der Waals surface area contributed by atoms with Crippen molar-refractivity contribution in [3.8, 4) is 0 Å². The molecule has 3 unspecified atom stereocenters. The van der Waals surface area contributed by atoms with Crippen LogP contribution in [-0.4, -0.2) is 50.3 Å². The number of aliphatic imine (C=N–C) groups is 1. The molecule has 2 aromatic heterocycles. The number of pyridine rings is 2. The summed E-state index contributed by atoms with van der Waals surface area (Å²) in [6, 6.07) is 10.2. The van der Waals surface area contributed by atoms with Crippen LogP contribution >= 0.6 is 15.9 Å². The van der Waals surface area contributed by atoms with E-state index < -0.39 is 0 Å². The second-order valence-electron chi connectivity index (χ2n) is 7.12. The molecule has 0 radical (unpaired) electrons. The Morgan fingerprint density at radius 1 is 1.20 bits per heavy atom. The van der Waals surface area contributed by atoms with E-state index in [2.05, 4.69) is 36.3 Å². The molecule has 2 aliphatic rings. The Kier molecular flexibility index (Phi) is 4.74. The molecule has 4 heterocycles. The minimum Gasteiger partial charge on any atom is -0.378 e. The van der Waals surface area contributed by atoms with Crippen molar-refractivity contribution in [3.05, 3.63) is 66.4 Å². The molecule has 0 amide bonds. The van der Waals surface area contributed by atoms with Gasteiger partial charge in [-0.3, -0.25) is 20.4 Å². The summed E-state index contributed by atoms with van der Waals surface area (Å²) in [5, 5.41) is 18.6. The Morgan fingerprint density at radius 3 is 2.93 bits per heavy atom. The highest BCUT2D eigenvalue weighted by molar-refractivity contribution is 9.10. The number of alkyl halides is 1. The summed E-state index contributed by atoms with van der Waals surface area (Å²) >= 11 is 3.57. The van der Waals surface area contributed by atoms with Gasteiger partial charge in [-0.25, -0.2) is 9.40 Å². The number of nitrogens with zero attached hydrogens (tertiary/aromatic N) is 5. The molecule has 150 valence electrons. The van der Waals surface area contributed by atoms with E-state index in [0.29, 0.717) is 12.4 Å². The second-order valence-corrected chi connectivity index (χ2v) is 8.03. The summed E-state index contributed by atoms with van der Waals surface area (Å²) in [6.45, 7) is 0.474. The van der Waals surface area contributed by atoms with E-state index in [1.54, 1.807) is 35.9 Å². The van der Waals surface area contributed by atoms with Crippen molar-refractivity contribution in [2.75, 3.05) is 11.9 Å². The summed E-state index contributed by atoms with van der Waals surface area (Å²) in [4.78, 5) is 13.1. The molecule has 0 bridgehead atoms. The Morgan fingerprint density at radius 2 is 2.10 bits per heavy atom. The third kappa shape index (κ3) is 3.35. The third-order valence-electron chi connectivity index (χ3n) is 5.19. The molecular weight excluding hydrogens is 449 g/mol. The van der Waals surface area contributed by atoms with Crippen LogP contribution in [0.25, 0.3) is 10.9 Å². The van der Waals surface area contributed by atoms with E-state index >= 15 is 0 Å². The Balaban J connectivity index is 1.45. The second kappa shape index (κ2) is 7.56. The lowest BCUT2D eigenvalue weighted by atomic mass is 9.96. The first kappa shape index (κ1) is 18.8. The average molecular weight is 466 g/mol. The molecule has 2 aliphatic heterocycles. The lowest BCUT2D eigenvalue weighted by Crippen LogP contribution is -2.48. The van der Waals surface area contributed by atoms with E-state index in [1.165, 1.54) is 12.1 Å². The van der Waals surface area contributed by atoms with E-state index in [1.807, 2.05) is 18.2 Å². The molecule has 2 N–H and O–H groups in total. The molecule has 0 aliphatic carbocycles. The van der Waals surface area contributed by atoms with Crippen molar-refractivity contribution >= 4 is 50.3 Å². The average Bonchev–Trinajstić information content (AvgIpc) is 3.19. The van der Waals surface area contributed by atoms with Crippen LogP contribution in [-0.2, 0) is 0 Å². The number of hydrogen-bond donors (Lipinski definition) is 2. The van der Waals surface area contributed by atoms with Crippen LogP contribution in [0.4, 0.5) is 10.1 Å². The quantitative estimate of drug-likeness (QED) is 0.573. The van der Waals surface area contributed by atoms with Crippen LogP contribution in [0.5, 0.6) is 0 Å². The third-order valence-corrected chi connectivity index (χ3v) is 6.15. The number of hydrazone groups is 1. The van der Waals surface area contributed by atoms with Gasteiger partial charge in [-0.15, -0.1) is 0 Å². The molecule has 3 atom stereocenters. The van der Waals surface area contributed by atoms with Crippen LogP contribution in [0.15, 0.2) is 65.1 Å². The van der Waals surface area contributed by atoms with Gasteiger partial charge in [0.1, 0.15) is 16.5 Å². The molecule has 0 saturated carbocycles. The van der Waals surface area contributed by atoms with Gasteiger partial charge < -0.3 is 5.32 Å². The predicted molar refractivity (Wildman–Crippen MR) is 119 cm³/mol. The van der Waals surface area contributed by atoms with E-state index in [-0.39, 0.29) is 22.7 Å². The fourth-order valence-corrected chi connectivity index (χ4v) is 4.14. The van der Waals surface area contributed by atoms with Gasteiger partial charge in [0.15, 0.2) is 6.17 Å². The maximum atomic E-state index is 13.7. The number of nitrogens with one attached hydrogen (secondary N) is 2. The molecule has 0 spiro atoms. The molecule has 0 fully saturated rings. The molecular formula is C21H17BrFN7. The normalized spacial score (nSPS) is 22.9. The van der Waals surface area contributed by atoms with E-state index in [9.17, 15) is 4.39 Å². The fourth-order valence-electron chi connectivity index (χ4n) is 3.65. The topological polar surface area (TPSA) is 89.6 Å². The summed E-state index contributed by atoms with van der Waals surface area (Å²) < 4.78 is 13.7. The van der Waals surface area contributed by atoms with Crippen LogP contribution in [0.1, 0.15) is 11.5 Å². The monoisotopic (exact) mass is 465 g/mol. The zero-order chi connectivity index (χ0) is 20.7. The summed E-state index contributed by atoms with van der Waals surface area (Å²) in [7, 11) is 0. The zero-order valence-electron chi connectivity index (χ0n) is 15.7. The van der Waals surface area contributed by atoms with E-state index in [4.69, 9.17) is 10.4 Å². The number of halogens is 2. The summed E-state index contributed by atoms with van der Waals surface area (Å²) in [5.41, 5.74) is 3.30. The molecule has 7 nitrogen and oxygen atoms in total. The maximum absolute atomic E-state index is 13.7. The summed E-state index contributed by atoms with van der Waals surface area (Å²) in [5.74, 6) is -0.151. The highest BCUT2D eigenvalue weighted by Gasteiger charge is 2.41. The van der Waals surface area contributed by atoms with Crippen molar-refractivity contribution in [3.63, 3.8) is 0 Å². The first-order valence-corrected chi connectivity index (χ1v) is 10.3. The first-order valence-electron chi connectivity index (χ1n) is 9.42.